The lowest BCUT2D eigenvalue weighted by Gasteiger charge is -2.30. The van der Waals surface area contributed by atoms with Crippen molar-refractivity contribution in [1.29, 1.82) is 0 Å². The Balaban J connectivity index is 1.30. The minimum atomic E-state index is -0.155. The summed E-state index contributed by atoms with van der Waals surface area (Å²) < 4.78 is 17.3. The second-order valence-electron chi connectivity index (χ2n) is 8.51. The summed E-state index contributed by atoms with van der Waals surface area (Å²) in [6.45, 7) is 3.25. The van der Waals surface area contributed by atoms with E-state index >= 15 is 0 Å². The molecule has 1 aromatic heterocycles. The standard InChI is InChI=1S/C23H27NO4/c1-14-9-20(14)22-8-6-19(28-22)12-24(17-3-4-17)23(25)16-10-15-11-18(26-2)5-7-21(15)27-13-16/h5-8,11,14,16-17,20H,3-4,9-10,12-13H2,1-2H3. The Kier molecular flexibility index (Phi) is 4.33. The number of methoxy groups -OCH3 is 1. The topological polar surface area (TPSA) is 51.9 Å². The Bertz CT molecular complexity index is 884. The molecule has 2 aromatic rings. The molecule has 1 aliphatic heterocycles. The number of nitrogens with zero attached hydrogens (tertiary/aromatic N) is 1. The molecule has 5 heteroatoms. The predicted octanol–water partition coefficient (Wildman–Crippen LogP) is 4.15. The molecule has 5 nitrogen and oxygen atoms in total. The molecule has 0 bridgehead atoms. The molecule has 2 fully saturated rings. The summed E-state index contributed by atoms with van der Waals surface area (Å²) in [5, 5.41) is 0. The third-order valence-electron chi connectivity index (χ3n) is 6.28. The molecule has 0 N–H and O–H groups in total. The van der Waals surface area contributed by atoms with Gasteiger partial charge in [0.2, 0.25) is 5.91 Å². The van der Waals surface area contributed by atoms with Crippen LogP contribution in [0.2, 0.25) is 0 Å². The minimum Gasteiger partial charge on any atom is -0.497 e. The molecule has 5 rings (SSSR count). The van der Waals surface area contributed by atoms with Crippen molar-refractivity contribution in [3.05, 3.63) is 47.4 Å². The lowest BCUT2D eigenvalue weighted by Crippen LogP contribution is -2.41. The average Bonchev–Trinajstić information content (AvgIpc) is 3.64. The molecule has 2 saturated carbocycles. The zero-order chi connectivity index (χ0) is 19.3. The first-order valence-electron chi connectivity index (χ1n) is 10.3. The van der Waals surface area contributed by atoms with E-state index in [4.69, 9.17) is 13.9 Å². The lowest BCUT2D eigenvalue weighted by atomic mass is 9.95. The van der Waals surface area contributed by atoms with Gasteiger partial charge in [0.15, 0.2) is 0 Å². The molecule has 28 heavy (non-hydrogen) atoms. The van der Waals surface area contributed by atoms with Crippen molar-refractivity contribution in [2.75, 3.05) is 13.7 Å². The Hall–Kier alpha value is -2.43. The first kappa shape index (κ1) is 17.7. The summed E-state index contributed by atoms with van der Waals surface area (Å²) >= 11 is 0. The number of carbonyl (C=O) groups excluding carboxylic acids is 1. The lowest BCUT2D eigenvalue weighted by molar-refractivity contribution is -0.138. The van der Waals surface area contributed by atoms with E-state index in [1.54, 1.807) is 7.11 Å². The van der Waals surface area contributed by atoms with E-state index < -0.39 is 0 Å². The second kappa shape index (κ2) is 6.87. The number of rotatable bonds is 6. The average molecular weight is 381 g/mol. The van der Waals surface area contributed by atoms with Gasteiger partial charge in [0.1, 0.15) is 29.6 Å². The number of benzene rings is 1. The Morgan fingerprint density at radius 3 is 2.79 bits per heavy atom. The highest BCUT2D eigenvalue weighted by Crippen LogP contribution is 2.47. The number of hydrogen-bond donors (Lipinski definition) is 0. The van der Waals surface area contributed by atoms with Gasteiger partial charge < -0.3 is 18.8 Å². The van der Waals surface area contributed by atoms with Gasteiger partial charge in [-0.1, -0.05) is 6.92 Å². The van der Waals surface area contributed by atoms with Gasteiger partial charge >= 0.3 is 0 Å². The molecule has 148 valence electrons. The van der Waals surface area contributed by atoms with Crippen LogP contribution >= 0.6 is 0 Å². The summed E-state index contributed by atoms with van der Waals surface area (Å²) in [5.41, 5.74) is 1.04. The molecule has 2 aliphatic carbocycles. The molecule has 1 amide bonds. The maximum absolute atomic E-state index is 13.3. The fourth-order valence-electron chi connectivity index (χ4n) is 4.23. The molecule has 1 aromatic carbocycles. The molecule has 2 heterocycles. The van der Waals surface area contributed by atoms with Crippen molar-refractivity contribution in [3.63, 3.8) is 0 Å². The highest BCUT2D eigenvalue weighted by Gasteiger charge is 2.39. The quantitative estimate of drug-likeness (QED) is 0.754. The number of carbonyl (C=O) groups is 1. The van der Waals surface area contributed by atoms with Crippen LogP contribution in [0.1, 0.15) is 49.2 Å². The van der Waals surface area contributed by atoms with Gasteiger partial charge in [-0.05, 0) is 67.5 Å². The van der Waals surface area contributed by atoms with E-state index in [9.17, 15) is 4.79 Å². The molecule has 3 atom stereocenters. The largest absolute Gasteiger partial charge is 0.497 e. The number of ether oxygens (including phenoxy) is 2. The smallest absolute Gasteiger partial charge is 0.230 e. The number of furan rings is 1. The first-order chi connectivity index (χ1) is 13.6. The number of fused-ring (bicyclic) bond motifs is 1. The Morgan fingerprint density at radius 2 is 2.07 bits per heavy atom. The fraction of sp³-hybridized carbons (Fsp3) is 0.522. The Morgan fingerprint density at radius 1 is 1.25 bits per heavy atom. The van der Waals surface area contributed by atoms with Crippen LogP contribution in [0, 0.1) is 11.8 Å². The molecule has 3 unspecified atom stereocenters. The fourth-order valence-corrected chi connectivity index (χ4v) is 4.23. The highest BCUT2D eigenvalue weighted by molar-refractivity contribution is 5.80. The van der Waals surface area contributed by atoms with Gasteiger partial charge in [-0.2, -0.15) is 0 Å². The van der Waals surface area contributed by atoms with Crippen molar-refractivity contribution < 1.29 is 18.7 Å². The molecule has 0 saturated heterocycles. The van der Waals surface area contributed by atoms with E-state index in [0.717, 1.165) is 47.3 Å². The van der Waals surface area contributed by atoms with Gasteiger partial charge in [-0.25, -0.2) is 0 Å². The van der Waals surface area contributed by atoms with Crippen molar-refractivity contribution in [2.45, 2.75) is 51.1 Å². The van der Waals surface area contributed by atoms with Crippen molar-refractivity contribution in [2.24, 2.45) is 11.8 Å². The van der Waals surface area contributed by atoms with Gasteiger partial charge in [-0.15, -0.1) is 0 Å². The van der Waals surface area contributed by atoms with Gasteiger partial charge in [0.05, 0.1) is 19.6 Å². The predicted molar refractivity (Wildman–Crippen MR) is 104 cm³/mol. The third-order valence-corrected chi connectivity index (χ3v) is 6.28. The van der Waals surface area contributed by atoms with Crippen LogP contribution in [-0.4, -0.2) is 30.6 Å². The van der Waals surface area contributed by atoms with Crippen LogP contribution in [-0.2, 0) is 17.8 Å². The maximum Gasteiger partial charge on any atom is 0.230 e. The van der Waals surface area contributed by atoms with Crippen LogP contribution in [0.25, 0.3) is 0 Å². The van der Waals surface area contributed by atoms with Crippen LogP contribution in [0.5, 0.6) is 11.5 Å². The molecular weight excluding hydrogens is 354 g/mol. The third kappa shape index (κ3) is 3.38. The van der Waals surface area contributed by atoms with Crippen molar-refractivity contribution in [1.82, 2.24) is 4.90 Å². The van der Waals surface area contributed by atoms with E-state index in [-0.39, 0.29) is 11.8 Å². The van der Waals surface area contributed by atoms with Crippen molar-refractivity contribution >= 4 is 5.91 Å². The zero-order valence-corrected chi connectivity index (χ0v) is 16.5. The van der Waals surface area contributed by atoms with Crippen LogP contribution in [0.4, 0.5) is 0 Å². The highest BCUT2D eigenvalue weighted by atomic mass is 16.5. The molecule has 0 radical (unpaired) electrons. The summed E-state index contributed by atoms with van der Waals surface area (Å²) in [6, 6.07) is 10.3. The molecular formula is C23H27NO4. The Labute approximate surface area is 165 Å². The zero-order valence-electron chi connectivity index (χ0n) is 16.5. The van der Waals surface area contributed by atoms with Crippen molar-refractivity contribution in [3.8, 4) is 11.5 Å². The van der Waals surface area contributed by atoms with Crippen LogP contribution < -0.4 is 9.47 Å². The van der Waals surface area contributed by atoms with Crippen LogP contribution in [0.15, 0.2) is 34.7 Å². The summed E-state index contributed by atoms with van der Waals surface area (Å²) in [7, 11) is 1.66. The summed E-state index contributed by atoms with van der Waals surface area (Å²) in [5.74, 6) is 4.94. The maximum atomic E-state index is 13.3. The molecule has 3 aliphatic rings. The first-order valence-corrected chi connectivity index (χ1v) is 10.3. The molecule has 0 spiro atoms. The second-order valence-corrected chi connectivity index (χ2v) is 8.51. The van der Waals surface area contributed by atoms with E-state index in [2.05, 4.69) is 13.0 Å². The van der Waals surface area contributed by atoms with Crippen LogP contribution in [0.3, 0.4) is 0 Å². The summed E-state index contributed by atoms with van der Waals surface area (Å²) in [6.07, 6.45) is 4.06. The monoisotopic (exact) mass is 381 g/mol. The summed E-state index contributed by atoms with van der Waals surface area (Å²) in [4.78, 5) is 15.3. The van der Waals surface area contributed by atoms with E-state index in [1.165, 1.54) is 6.42 Å². The SMILES string of the molecule is COc1ccc2c(c1)CC(C(=O)N(Cc1ccc(C3CC3C)o1)C1CC1)CO2. The van der Waals surface area contributed by atoms with Gasteiger partial charge in [-0.3, -0.25) is 4.79 Å². The normalized spacial score (nSPS) is 25.6. The number of amides is 1. The van der Waals surface area contributed by atoms with Gasteiger partial charge in [0, 0.05) is 12.0 Å². The number of hydrogen-bond acceptors (Lipinski definition) is 4. The minimum absolute atomic E-state index is 0.155. The van der Waals surface area contributed by atoms with E-state index in [1.807, 2.05) is 29.2 Å². The van der Waals surface area contributed by atoms with E-state index in [0.29, 0.717) is 31.5 Å². The van der Waals surface area contributed by atoms with Gasteiger partial charge in [0.25, 0.3) is 0 Å².